The van der Waals surface area contributed by atoms with Gasteiger partial charge < -0.3 is 0 Å². The molecule has 4 nitrogen and oxygen atoms in total. The summed E-state index contributed by atoms with van der Waals surface area (Å²) in [4.78, 5) is 3.82. The Morgan fingerprint density at radius 1 is 1.43 bits per heavy atom. The van der Waals surface area contributed by atoms with Crippen LogP contribution < -0.4 is 0 Å². The largest absolute Gasteiger partial charge is 0.235 e. The van der Waals surface area contributed by atoms with Crippen LogP contribution in [0, 0.1) is 11.3 Å². The Kier molecular flexibility index (Phi) is 2.29. The molecule has 0 N–H and O–H groups in total. The van der Waals surface area contributed by atoms with Crippen LogP contribution in [0.4, 0.5) is 0 Å². The molecule has 1 heterocycles. The number of nitrogens with zero attached hydrogens (tertiary/aromatic N) is 4. The predicted octanol–water partition coefficient (Wildman–Crippen LogP) is 1.90. The highest BCUT2D eigenvalue weighted by atomic mass is 79.9. The van der Waals surface area contributed by atoms with E-state index in [4.69, 9.17) is 5.26 Å². The molecule has 0 spiro atoms. The van der Waals surface area contributed by atoms with Gasteiger partial charge in [-0.15, -0.1) is 0 Å². The Labute approximate surface area is 88.9 Å². The Morgan fingerprint density at radius 3 is 3.00 bits per heavy atom. The first kappa shape index (κ1) is 8.91. The lowest BCUT2D eigenvalue weighted by atomic mass is 10.3. The molecule has 0 aliphatic heterocycles. The van der Waals surface area contributed by atoms with Crippen molar-refractivity contribution in [1.82, 2.24) is 14.8 Å². The van der Waals surface area contributed by atoms with Crippen LogP contribution in [0.5, 0.6) is 0 Å². The first-order chi connectivity index (χ1) is 6.81. The van der Waals surface area contributed by atoms with E-state index < -0.39 is 0 Å². The predicted molar refractivity (Wildman–Crippen MR) is 53.8 cm³/mol. The van der Waals surface area contributed by atoms with Crippen molar-refractivity contribution in [1.29, 1.82) is 5.26 Å². The van der Waals surface area contributed by atoms with Gasteiger partial charge in [0.15, 0.2) is 0 Å². The molecule has 0 aliphatic carbocycles. The fourth-order valence-electron chi connectivity index (χ4n) is 1.11. The van der Waals surface area contributed by atoms with E-state index in [0.717, 1.165) is 10.2 Å². The highest BCUT2D eigenvalue weighted by Crippen LogP contribution is 2.15. The minimum absolute atomic E-state index is 0.281. The second-order valence-corrected chi connectivity index (χ2v) is 3.50. The maximum atomic E-state index is 8.75. The molecule has 1 aromatic carbocycles. The molecule has 0 saturated heterocycles. The van der Waals surface area contributed by atoms with Crippen molar-refractivity contribution in [3.8, 4) is 11.8 Å². The molecule has 0 unspecified atom stereocenters. The van der Waals surface area contributed by atoms with Crippen LogP contribution in [0.15, 0.2) is 35.1 Å². The molecule has 0 aliphatic rings. The van der Waals surface area contributed by atoms with Crippen LogP contribution in [0.1, 0.15) is 5.82 Å². The monoisotopic (exact) mass is 248 g/mol. The van der Waals surface area contributed by atoms with Crippen molar-refractivity contribution in [2.75, 3.05) is 0 Å². The van der Waals surface area contributed by atoms with Crippen LogP contribution >= 0.6 is 15.9 Å². The molecule has 2 aromatic rings. The van der Waals surface area contributed by atoms with E-state index in [2.05, 4.69) is 26.0 Å². The van der Waals surface area contributed by atoms with Gasteiger partial charge in [-0.05, 0) is 18.2 Å². The molecule has 14 heavy (non-hydrogen) atoms. The molecule has 0 fully saturated rings. The first-order valence-corrected chi connectivity index (χ1v) is 4.66. The molecular weight excluding hydrogens is 244 g/mol. The molecule has 2 rings (SSSR count). The SMILES string of the molecule is N#Cc1ncnn1-c1cccc(Br)c1. The smallest absolute Gasteiger partial charge is 0.205 e. The maximum Gasteiger partial charge on any atom is 0.235 e. The summed E-state index contributed by atoms with van der Waals surface area (Å²) in [5.74, 6) is 0.281. The van der Waals surface area contributed by atoms with Gasteiger partial charge in [-0.25, -0.2) is 9.67 Å². The van der Waals surface area contributed by atoms with Crippen LogP contribution in [-0.4, -0.2) is 14.8 Å². The van der Waals surface area contributed by atoms with Gasteiger partial charge in [-0.2, -0.15) is 10.4 Å². The van der Waals surface area contributed by atoms with E-state index in [1.165, 1.54) is 11.0 Å². The minimum atomic E-state index is 0.281. The van der Waals surface area contributed by atoms with E-state index in [9.17, 15) is 0 Å². The number of rotatable bonds is 1. The van der Waals surface area contributed by atoms with Gasteiger partial charge in [0.2, 0.25) is 5.82 Å². The number of halogens is 1. The van der Waals surface area contributed by atoms with E-state index in [-0.39, 0.29) is 5.82 Å². The molecule has 0 radical (unpaired) electrons. The number of nitriles is 1. The number of hydrogen-bond donors (Lipinski definition) is 0. The third-order valence-electron chi connectivity index (χ3n) is 1.70. The standard InChI is InChI=1S/C9H5BrN4/c10-7-2-1-3-8(4-7)14-9(5-11)12-6-13-14/h1-4,6H. The normalized spacial score (nSPS) is 9.71. The minimum Gasteiger partial charge on any atom is -0.205 e. The fourth-order valence-corrected chi connectivity index (χ4v) is 1.50. The van der Waals surface area contributed by atoms with Crippen molar-refractivity contribution < 1.29 is 0 Å². The van der Waals surface area contributed by atoms with E-state index in [0.29, 0.717) is 0 Å². The summed E-state index contributed by atoms with van der Waals surface area (Å²) in [6, 6.07) is 9.49. The summed E-state index contributed by atoms with van der Waals surface area (Å²) >= 11 is 3.35. The first-order valence-electron chi connectivity index (χ1n) is 3.87. The third kappa shape index (κ3) is 1.52. The van der Waals surface area contributed by atoms with Crippen molar-refractivity contribution in [3.05, 3.63) is 40.9 Å². The molecule has 0 saturated carbocycles. The summed E-state index contributed by atoms with van der Waals surface area (Å²) in [6.45, 7) is 0. The Bertz CT molecular complexity index is 498. The highest BCUT2D eigenvalue weighted by molar-refractivity contribution is 9.10. The fraction of sp³-hybridized carbons (Fsp3) is 0. The molecule has 0 amide bonds. The van der Waals surface area contributed by atoms with Crippen LogP contribution in [-0.2, 0) is 0 Å². The third-order valence-corrected chi connectivity index (χ3v) is 2.19. The molecule has 1 aromatic heterocycles. The van der Waals surface area contributed by atoms with Gasteiger partial charge in [0.25, 0.3) is 0 Å². The summed E-state index contributed by atoms with van der Waals surface area (Å²) in [5, 5.41) is 12.7. The van der Waals surface area contributed by atoms with Gasteiger partial charge in [0.05, 0.1) is 5.69 Å². The lowest BCUT2D eigenvalue weighted by Crippen LogP contribution is -1.99. The number of hydrogen-bond acceptors (Lipinski definition) is 3. The average molecular weight is 249 g/mol. The van der Waals surface area contributed by atoms with Gasteiger partial charge in [0.1, 0.15) is 12.4 Å². The quantitative estimate of drug-likeness (QED) is 0.775. The van der Waals surface area contributed by atoms with Crippen molar-refractivity contribution in [3.63, 3.8) is 0 Å². The molecular formula is C9H5BrN4. The summed E-state index contributed by atoms with van der Waals surface area (Å²) in [5.41, 5.74) is 0.813. The van der Waals surface area contributed by atoms with E-state index >= 15 is 0 Å². The Morgan fingerprint density at radius 2 is 2.29 bits per heavy atom. The van der Waals surface area contributed by atoms with E-state index in [1.54, 1.807) is 0 Å². The molecule has 5 heteroatoms. The second-order valence-electron chi connectivity index (χ2n) is 2.59. The zero-order valence-corrected chi connectivity index (χ0v) is 8.64. The maximum absolute atomic E-state index is 8.75. The average Bonchev–Trinajstić information content (AvgIpc) is 2.65. The van der Waals surface area contributed by atoms with Gasteiger partial charge >= 0.3 is 0 Å². The lowest BCUT2D eigenvalue weighted by molar-refractivity contribution is 0.862. The van der Waals surface area contributed by atoms with Crippen LogP contribution in [0.25, 0.3) is 5.69 Å². The number of benzene rings is 1. The summed E-state index contributed by atoms with van der Waals surface area (Å²) < 4.78 is 2.43. The summed E-state index contributed by atoms with van der Waals surface area (Å²) in [7, 11) is 0. The van der Waals surface area contributed by atoms with E-state index in [1.807, 2.05) is 30.3 Å². The number of aromatic nitrogens is 3. The van der Waals surface area contributed by atoms with Crippen LogP contribution in [0.2, 0.25) is 0 Å². The second kappa shape index (κ2) is 3.60. The van der Waals surface area contributed by atoms with Crippen LogP contribution in [0.3, 0.4) is 0 Å². The highest BCUT2D eigenvalue weighted by Gasteiger charge is 2.04. The van der Waals surface area contributed by atoms with Gasteiger partial charge in [0, 0.05) is 4.47 Å². The van der Waals surface area contributed by atoms with Gasteiger partial charge in [-0.1, -0.05) is 22.0 Å². The Balaban J connectivity index is 2.56. The lowest BCUT2D eigenvalue weighted by Gasteiger charge is -2.00. The van der Waals surface area contributed by atoms with Crippen molar-refractivity contribution in [2.24, 2.45) is 0 Å². The molecule has 68 valence electrons. The molecule has 0 atom stereocenters. The zero-order chi connectivity index (χ0) is 9.97. The van der Waals surface area contributed by atoms with Crippen molar-refractivity contribution >= 4 is 15.9 Å². The van der Waals surface area contributed by atoms with Gasteiger partial charge in [-0.3, -0.25) is 0 Å². The van der Waals surface area contributed by atoms with Crippen molar-refractivity contribution in [2.45, 2.75) is 0 Å². The zero-order valence-electron chi connectivity index (χ0n) is 7.05. The molecule has 0 bridgehead atoms. The topological polar surface area (TPSA) is 54.5 Å². The Hall–Kier alpha value is -1.67. The summed E-state index contributed by atoms with van der Waals surface area (Å²) in [6.07, 6.45) is 1.36.